The molecule has 0 aliphatic rings. The molecule has 1 N–H and O–H groups in total. The van der Waals surface area contributed by atoms with Gasteiger partial charge in [0.05, 0.1) is 10.2 Å². The minimum absolute atomic E-state index is 0.451. The third kappa shape index (κ3) is 4.18. The Labute approximate surface area is 126 Å². The van der Waals surface area contributed by atoms with Crippen molar-refractivity contribution in [2.24, 2.45) is 5.92 Å². The first kappa shape index (κ1) is 15.3. The predicted molar refractivity (Wildman–Crippen MR) is 89.8 cm³/mol. The van der Waals surface area contributed by atoms with Crippen molar-refractivity contribution in [3.63, 3.8) is 0 Å². The summed E-state index contributed by atoms with van der Waals surface area (Å²) in [7, 11) is 4.24. The number of hydrogen-bond acceptors (Lipinski definition) is 4. The third-order valence-electron chi connectivity index (χ3n) is 3.21. The number of nitrogens with one attached hydrogen (secondary N) is 1. The molecule has 1 atom stereocenters. The van der Waals surface area contributed by atoms with E-state index in [9.17, 15) is 0 Å². The molecule has 0 aliphatic carbocycles. The van der Waals surface area contributed by atoms with Gasteiger partial charge in [0.2, 0.25) is 0 Å². The molecule has 1 aromatic carbocycles. The summed E-state index contributed by atoms with van der Waals surface area (Å²) >= 11 is 1.75. The molecule has 0 bridgehead atoms. The molecule has 2 aromatic rings. The number of hydrogen-bond donors (Lipinski definition) is 1. The van der Waals surface area contributed by atoms with Crippen LogP contribution in [0, 0.1) is 12.8 Å². The van der Waals surface area contributed by atoms with Crippen molar-refractivity contribution in [3.8, 4) is 0 Å². The molecule has 4 heteroatoms. The number of rotatable bonds is 6. The van der Waals surface area contributed by atoms with Gasteiger partial charge in [-0.1, -0.05) is 31.3 Å². The lowest BCUT2D eigenvalue weighted by atomic mass is 10.0. The van der Waals surface area contributed by atoms with E-state index in [0.717, 1.165) is 23.6 Å². The largest absolute Gasteiger partial charge is 0.357 e. The summed E-state index contributed by atoms with van der Waals surface area (Å²) in [6.07, 6.45) is 1.16. The number of thiazole rings is 1. The van der Waals surface area contributed by atoms with Gasteiger partial charge in [-0.2, -0.15) is 0 Å². The van der Waals surface area contributed by atoms with E-state index in [1.807, 2.05) is 0 Å². The highest BCUT2D eigenvalue weighted by molar-refractivity contribution is 7.22. The number of benzene rings is 1. The van der Waals surface area contributed by atoms with Crippen LogP contribution in [0.15, 0.2) is 18.2 Å². The van der Waals surface area contributed by atoms with E-state index in [4.69, 9.17) is 4.98 Å². The normalized spacial score (nSPS) is 13.3. The first-order valence-electron chi connectivity index (χ1n) is 7.22. The second-order valence-corrected chi connectivity index (χ2v) is 7.25. The van der Waals surface area contributed by atoms with E-state index >= 15 is 0 Å². The van der Waals surface area contributed by atoms with Crippen LogP contribution in [-0.2, 0) is 0 Å². The van der Waals surface area contributed by atoms with E-state index in [1.54, 1.807) is 11.3 Å². The van der Waals surface area contributed by atoms with Gasteiger partial charge in [-0.05, 0) is 51.1 Å². The van der Waals surface area contributed by atoms with Crippen LogP contribution < -0.4 is 5.32 Å². The van der Waals surface area contributed by atoms with Crippen LogP contribution in [0.2, 0.25) is 0 Å². The average molecular weight is 291 g/mol. The summed E-state index contributed by atoms with van der Waals surface area (Å²) in [5.41, 5.74) is 2.39. The Morgan fingerprint density at radius 2 is 2.05 bits per heavy atom. The van der Waals surface area contributed by atoms with E-state index in [2.05, 4.69) is 63.3 Å². The molecule has 3 nitrogen and oxygen atoms in total. The molecule has 0 spiro atoms. The molecule has 1 heterocycles. The lowest BCUT2D eigenvalue weighted by molar-refractivity contribution is 0.356. The van der Waals surface area contributed by atoms with Crippen molar-refractivity contribution in [1.82, 2.24) is 9.88 Å². The van der Waals surface area contributed by atoms with Gasteiger partial charge in [0, 0.05) is 12.6 Å². The number of fused-ring (bicyclic) bond motifs is 1. The highest BCUT2D eigenvalue weighted by Crippen LogP contribution is 2.27. The van der Waals surface area contributed by atoms with E-state index < -0.39 is 0 Å². The van der Waals surface area contributed by atoms with Crippen LogP contribution in [0.4, 0.5) is 5.13 Å². The van der Waals surface area contributed by atoms with Crippen LogP contribution in [-0.4, -0.2) is 36.6 Å². The number of anilines is 1. The van der Waals surface area contributed by atoms with Crippen molar-refractivity contribution >= 4 is 26.7 Å². The Kier molecular flexibility index (Phi) is 5.00. The van der Waals surface area contributed by atoms with Gasteiger partial charge in [-0.3, -0.25) is 0 Å². The Balaban J connectivity index is 2.14. The van der Waals surface area contributed by atoms with Crippen LogP contribution >= 0.6 is 11.3 Å². The van der Waals surface area contributed by atoms with Crippen molar-refractivity contribution in [1.29, 1.82) is 0 Å². The lowest BCUT2D eigenvalue weighted by Gasteiger charge is -2.23. The minimum Gasteiger partial charge on any atom is -0.357 e. The zero-order chi connectivity index (χ0) is 14.7. The van der Waals surface area contributed by atoms with Gasteiger partial charge >= 0.3 is 0 Å². The molecule has 110 valence electrons. The molecular formula is C16H25N3S. The van der Waals surface area contributed by atoms with E-state index in [1.165, 1.54) is 10.3 Å². The van der Waals surface area contributed by atoms with E-state index in [0.29, 0.717) is 12.0 Å². The van der Waals surface area contributed by atoms with Gasteiger partial charge < -0.3 is 10.2 Å². The summed E-state index contributed by atoms with van der Waals surface area (Å²) in [6, 6.07) is 6.89. The first-order chi connectivity index (χ1) is 9.44. The standard InChI is InChI=1S/C16H25N3S/c1-11(2)8-13(10-19(4)5)17-16-18-14-7-6-12(3)9-15(14)20-16/h6-7,9,11,13H,8,10H2,1-5H3,(H,17,18). The minimum atomic E-state index is 0.451. The molecule has 0 saturated heterocycles. The fraction of sp³-hybridized carbons (Fsp3) is 0.562. The smallest absolute Gasteiger partial charge is 0.184 e. The topological polar surface area (TPSA) is 28.2 Å². The van der Waals surface area contributed by atoms with Gasteiger partial charge in [-0.15, -0.1) is 0 Å². The monoisotopic (exact) mass is 291 g/mol. The third-order valence-corrected chi connectivity index (χ3v) is 4.16. The molecule has 0 aliphatic heterocycles. The summed E-state index contributed by atoms with van der Waals surface area (Å²) in [5.74, 6) is 0.684. The predicted octanol–water partition coefficient (Wildman–Crippen LogP) is 3.99. The molecule has 0 saturated carbocycles. The maximum atomic E-state index is 4.70. The van der Waals surface area contributed by atoms with Crippen LogP contribution in [0.5, 0.6) is 0 Å². The van der Waals surface area contributed by atoms with Crippen LogP contribution in [0.25, 0.3) is 10.2 Å². The zero-order valence-electron chi connectivity index (χ0n) is 13.1. The Morgan fingerprint density at radius 3 is 2.70 bits per heavy atom. The number of likely N-dealkylation sites (N-methyl/N-ethyl adjacent to an activating group) is 1. The van der Waals surface area contributed by atoms with Gasteiger partial charge in [0.15, 0.2) is 5.13 Å². The highest BCUT2D eigenvalue weighted by Gasteiger charge is 2.14. The summed E-state index contributed by atoms with van der Waals surface area (Å²) in [6.45, 7) is 7.70. The van der Waals surface area contributed by atoms with Gasteiger partial charge in [0.25, 0.3) is 0 Å². The quantitative estimate of drug-likeness (QED) is 0.872. The molecule has 20 heavy (non-hydrogen) atoms. The van der Waals surface area contributed by atoms with Crippen LogP contribution in [0.1, 0.15) is 25.8 Å². The van der Waals surface area contributed by atoms with Gasteiger partial charge in [-0.25, -0.2) is 4.98 Å². The second-order valence-electron chi connectivity index (χ2n) is 6.22. The van der Waals surface area contributed by atoms with Gasteiger partial charge in [0.1, 0.15) is 0 Å². The molecular weight excluding hydrogens is 266 g/mol. The van der Waals surface area contributed by atoms with Crippen molar-refractivity contribution in [3.05, 3.63) is 23.8 Å². The fourth-order valence-corrected chi connectivity index (χ4v) is 3.50. The lowest BCUT2D eigenvalue weighted by Crippen LogP contribution is -2.33. The van der Waals surface area contributed by atoms with E-state index in [-0.39, 0.29) is 0 Å². The Bertz CT molecular complexity index is 550. The summed E-state index contributed by atoms with van der Waals surface area (Å²) < 4.78 is 1.26. The average Bonchev–Trinajstić information content (AvgIpc) is 2.68. The summed E-state index contributed by atoms with van der Waals surface area (Å²) in [4.78, 5) is 6.93. The second kappa shape index (κ2) is 6.55. The first-order valence-corrected chi connectivity index (χ1v) is 8.04. The van der Waals surface area contributed by atoms with Crippen molar-refractivity contribution in [2.45, 2.75) is 33.2 Å². The maximum Gasteiger partial charge on any atom is 0.184 e. The number of aromatic nitrogens is 1. The molecule has 1 unspecified atom stereocenters. The highest BCUT2D eigenvalue weighted by atomic mass is 32.1. The molecule has 2 rings (SSSR count). The summed E-state index contributed by atoms with van der Waals surface area (Å²) in [5, 5.41) is 4.66. The molecule has 1 aromatic heterocycles. The molecule has 0 radical (unpaired) electrons. The number of nitrogens with zero attached hydrogens (tertiary/aromatic N) is 2. The molecule has 0 amide bonds. The van der Waals surface area contributed by atoms with Crippen LogP contribution in [0.3, 0.4) is 0 Å². The molecule has 0 fully saturated rings. The fourth-order valence-electron chi connectivity index (χ4n) is 2.46. The maximum absolute atomic E-state index is 4.70. The zero-order valence-corrected chi connectivity index (χ0v) is 13.9. The Morgan fingerprint density at radius 1 is 1.30 bits per heavy atom. The SMILES string of the molecule is Cc1ccc2nc(NC(CC(C)C)CN(C)C)sc2c1. The van der Waals surface area contributed by atoms with Crippen molar-refractivity contribution < 1.29 is 0 Å². The number of aryl methyl sites for hydroxylation is 1. The van der Waals surface area contributed by atoms with Crippen molar-refractivity contribution in [2.75, 3.05) is 26.0 Å². The Hall–Kier alpha value is -1.13.